The van der Waals surface area contributed by atoms with Crippen molar-refractivity contribution < 1.29 is 63.5 Å². The van der Waals surface area contributed by atoms with Gasteiger partial charge >= 0.3 is 5.97 Å². The molecule has 52 heavy (non-hydrogen) atoms. The topological polar surface area (TPSA) is 194 Å². The van der Waals surface area contributed by atoms with Gasteiger partial charge in [-0.2, -0.15) is 0 Å². The molecule has 14 heteroatoms. The lowest BCUT2D eigenvalue weighted by atomic mass is 9.73. The predicted molar refractivity (Wildman–Crippen MR) is 191 cm³/mol. The van der Waals surface area contributed by atoms with Crippen LogP contribution >= 0.6 is 0 Å². The minimum Gasteiger partial charge on any atom is -0.459 e. The second-order valence-electron chi connectivity index (χ2n) is 16.6. The number of cyclic esters (lactones) is 1. The van der Waals surface area contributed by atoms with Gasteiger partial charge in [0.1, 0.15) is 29.7 Å². The summed E-state index contributed by atoms with van der Waals surface area (Å²) >= 11 is 0. The van der Waals surface area contributed by atoms with E-state index in [1.165, 1.54) is 21.0 Å². The Balaban J connectivity index is 2.20. The molecule has 3 aliphatic rings. The molecule has 0 amide bonds. The minimum absolute atomic E-state index is 0.00783. The van der Waals surface area contributed by atoms with Crippen molar-refractivity contribution in [2.45, 2.75) is 186 Å². The van der Waals surface area contributed by atoms with E-state index in [1.54, 1.807) is 48.5 Å². The number of rotatable bonds is 8. The molecule has 0 aromatic heterocycles. The molecule has 3 fully saturated rings. The molecule has 3 aliphatic heterocycles. The summed E-state index contributed by atoms with van der Waals surface area (Å²) in [5.41, 5.74) is -4.80. The van der Waals surface area contributed by atoms with Gasteiger partial charge in [-0.3, -0.25) is 9.59 Å². The Hall–Kier alpha value is -1.30. The van der Waals surface area contributed by atoms with Crippen LogP contribution < -0.4 is 0 Å². The Bertz CT molecular complexity index is 1190. The number of aliphatic hydroxyl groups is 5. The van der Waals surface area contributed by atoms with Crippen LogP contribution in [0.4, 0.5) is 0 Å². The van der Waals surface area contributed by atoms with Gasteiger partial charge in [0.05, 0.1) is 47.6 Å². The molecule has 0 aromatic rings. The van der Waals surface area contributed by atoms with Crippen molar-refractivity contribution in [2.75, 3.05) is 21.2 Å². The summed E-state index contributed by atoms with van der Waals surface area (Å²) < 4.78 is 37.2. The summed E-state index contributed by atoms with van der Waals surface area (Å²) in [5.74, 6) is -4.95. The molecule has 304 valence electrons. The number of Topliss-reactive ketones (excluding diaryl/α,β-unsaturated/α-hetero) is 1. The van der Waals surface area contributed by atoms with E-state index >= 15 is 0 Å². The third-order valence-corrected chi connectivity index (χ3v) is 12.2. The molecule has 0 aliphatic carbocycles. The summed E-state index contributed by atoms with van der Waals surface area (Å²) in [4.78, 5) is 30.0. The van der Waals surface area contributed by atoms with Gasteiger partial charge in [-0.05, 0) is 74.4 Å². The second kappa shape index (κ2) is 17.7. The highest BCUT2D eigenvalue weighted by Crippen LogP contribution is 2.41. The van der Waals surface area contributed by atoms with Gasteiger partial charge in [0.2, 0.25) is 0 Å². The standard InChI is InChI=1S/C38H69NO13/c1-14-26-38(46,15-2)31(42)21(5)28(40)19(3)17-36(9,45)33(52-35-29(41)25(39(11)12)16-20(4)48-35)22(6)30(23(7)34(44)50-26)51-27-18-37(10,47-13)32(43)24(8)49-27/h19-27,29-33,35,41-43,45-46H,14-18H2,1-13H3/t19-,20-,21?,22+,23-,24+,25+,26-,27?,29-,30+,31-,32+,33-,35?,36-,37-,38-/m1/s1. The van der Waals surface area contributed by atoms with E-state index < -0.39 is 108 Å². The van der Waals surface area contributed by atoms with E-state index in [0.29, 0.717) is 6.42 Å². The molecule has 0 saturated carbocycles. The molecule has 3 heterocycles. The van der Waals surface area contributed by atoms with Crippen molar-refractivity contribution in [2.24, 2.45) is 23.7 Å². The van der Waals surface area contributed by atoms with Gasteiger partial charge in [-0.15, -0.1) is 0 Å². The molecule has 18 atom stereocenters. The smallest absolute Gasteiger partial charge is 0.311 e. The van der Waals surface area contributed by atoms with Crippen LogP contribution in [0.1, 0.15) is 101 Å². The molecule has 0 bridgehead atoms. The number of likely N-dealkylation sites (N-methyl/N-ethyl adjacent to an activating group) is 1. The number of hydrogen-bond acceptors (Lipinski definition) is 14. The van der Waals surface area contributed by atoms with Gasteiger partial charge in [-0.25, -0.2) is 0 Å². The van der Waals surface area contributed by atoms with Crippen LogP contribution in [-0.4, -0.2) is 148 Å². The fourth-order valence-electron chi connectivity index (χ4n) is 8.70. The number of esters is 1. The molecule has 14 nitrogen and oxygen atoms in total. The largest absolute Gasteiger partial charge is 0.459 e. The van der Waals surface area contributed by atoms with E-state index in [4.69, 9.17) is 28.4 Å². The Kier molecular flexibility index (Phi) is 15.3. The molecule has 3 rings (SSSR count). The number of carbonyl (C=O) groups excluding carboxylic acids is 2. The van der Waals surface area contributed by atoms with Crippen LogP contribution in [0.25, 0.3) is 0 Å². The molecule has 3 saturated heterocycles. The van der Waals surface area contributed by atoms with Crippen molar-refractivity contribution in [1.82, 2.24) is 4.90 Å². The molecular formula is C38H69NO13. The normalized spacial score (nSPS) is 49.0. The third kappa shape index (κ3) is 9.38. The zero-order chi connectivity index (χ0) is 39.7. The third-order valence-electron chi connectivity index (χ3n) is 12.2. The zero-order valence-electron chi connectivity index (χ0n) is 33.6. The van der Waals surface area contributed by atoms with E-state index in [1.807, 2.05) is 25.9 Å². The average molecular weight is 748 g/mol. The summed E-state index contributed by atoms with van der Waals surface area (Å²) in [6.07, 6.45) is -9.68. The zero-order valence-corrected chi connectivity index (χ0v) is 33.6. The summed E-state index contributed by atoms with van der Waals surface area (Å²) in [6.45, 7) is 16.7. The van der Waals surface area contributed by atoms with E-state index in [2.05, 4.69) is 0 Å². The molecule has 0 spiro atoms. The van der Waals surface area contributed by atoms with Crippen LogP contribution in [0.15, 0.2) is 0 Å². The number of carbonyl (C=O) groups is 2. The molecular weight excluding hydrogens is 678 g/mol. The first-order valence-corrected chi connectivity index (χ1v) is 19.1. The predicted octanol–water partition coefficient (Wildman–Crippen LogP) is 2.18. The van der Waals surface area contributed by atoms with E-state index in [9.17, 15) is 35.1 Å². The van der Waals surface area contributed by atoms with Crippen molar-refractivity contribution >= 4 is 11.8 Å². The lowest BCUT2D eigenvalue weighted by Gasteiger charge is -2.49. The van der Waals surface area contributed by atoms with Crippen molar-refractivity contribution in [1.29, 1.82) is 0 Å². The fraction of sp³-hybridized carbons (Fsp3) is 0.947. The maximum Gasteiger partial charge on any atom is 0.311 e. The molecule has 3 unspecified atom stereocenters. The highest BCUT2D eigenvalue weighted by atomic mass is 16.7. The van der Waals surface area contributed by atoms with Gasteiger partial charge in [-0.1, -0.05) is 34.6 Å². The number of aliphatic hydroxyl groups excluding tert-OH is 3. The first-order chi connectivity index (χ1) is 24.0. The number of ether oxygens (including phenoxy) is 6. The first-order valence-electron chi connectivity index (χ1n) is 19.1. The fourth-order valence-corrected chi connectivity index (χ4v) is 8.70. The Morgan fingerprint density at radius 2 is 1.50 bits per heavy atom. The number of ketones is 1. The average Bonchev–Trinajstić information content (AvgIpc) is 3.08. The lowest BCUT2D eigenvalue weighted by molar-refractivity contribution is -0.318. The quantitative estimate of drug-likeness (QED) is 0.227. The summed E-state index contributed by atoms with van der Waals surface area (Å²) in [6, 6.07) is -0.324. The highest BCUT2D eigenvalue weighted by Gasteiger charge is 2.54. The number of methoxy groups -OCH3 is 1. The molecule has 0 radical (unpaired) electrons. The summed E-state index contributed by atoms with van der Waals surface area (Å²) in [5, 5.41) is 58.2. The molecule has 5 N–H and O–H groups in total. The van der Waals surface area contributed by atoms with Crippen LogP contribution in [0.2, 0.25) is 0 Å². The van der Waals surface area contributed by atoms with E-state index in [0.717, 1.165) is 0 Å². The lowest BCUT2D eigenvalue weighted by Crippen LogP contribution is -2.61. The van der Waals surface area contributed by atoms with Gasteiger partial charge < -0.3 is 58.9 Å². The Morgan fingerprint density at radius 3 is 2.04 bits per heavy atom. The highest BCUT2D eigenvalue weighted by molar-refractivity contribution is 5.83. The van der Waals surface area contributed by atoms with Crippen molar-refractivity contribution in [3.63, 3.8) is 0 Å². The maximum absolute atomic E-state index is 14.2. The number of hydrogen-bond donors (Lipinski definition) is 5. The maximum atomic E-state index is 14.2. The van der Waals surface area contributed by atoms with Crippen LogP contribution in [0.3, 0.4) is 0 Å². The van der Waals surface area contributed by atoms with Crippen LogP contribution in [0.5, 0.6) is 0 Å². The SMILES string of the molecule is CC[C@H]1OC(=O)[C@H](C)[C@@H](OC2C[C@@](C)(OC)[C@@H](O)[C@H](C)O2)[C@H](C)[C@@H](OC2O[C@H](C)C[C@H](N(C)C)[C@H]2O)[C@](C)(O)C[C@@H](C)C(=O)C(C)[C@@H](O)[C@@]1(O)CC. The van der Waals surface area contributed by atoms with Crippen molar-refractivity contribution in [3.8, 4) is 0 Å². The first kappa shape index (κ1) is 45.1. The van der Waals surface area contributed by atoms with Gasteiger partial charge in [0.25, 0.3) is 0 Å². The van der Waals surface area contributed by atoms with E-state index in [-0.39, 0.29) is 37.8 Å². The second-order valence-corrected chi connectivity index (χ2v) is 16.6. The van der Waals surface area contributed by atoms with Crippen LogP contribution in [0, 0.1) is 23.7 Å². The number of nitrogens with zero attached hydrogens (tertiary/aromatic N) is 1. The van der Waals surface area contributed by atoms with Crippen LogP contribution in [-0.2, 0) is 38.0 Å². The van der Waals surface area contributed by atoms with Gasteiger partial charge in [0, 0.05) is 37.3 Å². The Labute approximate surface area is 310 Å². The monoisotopic (exact) mass is 747 g/mol. The Morgan fingerprint density at radius 1 is 0.885 bits per heavy atom. The van der Waals surface area contributed by atoms with Crippen molar-refractivity contribution in [3.05, 3.63) is 0 Å². The molecule has 0 aromatic carbocycles. The summed E-state index contributed by atoms with van der Waals surface area (Å²) in [7, 11) is 5.18. The minimum atomic E-state index is -1.95. The van der Waals surface area contributed by atoms with Gasteiger partial charge in [0.15, 0.2) is 12.6 Å².